The van der Waals surface area contributed by atoms with E-state index in [-0.39, 0.29) is 11.9 Å². The fourth-order valence-corrected chi connectivity index (χ4v) is 3.25. The maximum Gasteiger partial charge on any atom is 0.233 e. The Hall–Kier alpha value is -3.03. The van der Waals surface area contributed by atoms with E-state index in [4.69, 9.17) is 0 Å². The summed E-state index contributed by atoms with van der Waals surface area (Å²) in [7, 11) is 0. The molecule has 1 aliphatic heterocycles. The minimum absolute atomic E-state index is 0.142. The molecule has 4 rings (SSSR count). The molecule has 0 bridgehead atoms. The Kier molecular flexibility index (Phi) is 4.47. The van der Waals surface area contributed by atoms with Crippen molar-refractivity contribution in [2.45, 2.75) is 32.2 Å². The van der Waals surface area contributed by atoms with E-state index in [1.165, 1.54) is 18.5 Å². The molecule has 8 heteroatoms. The van der Waals surface area contributed by atoms with Crippen LogP contribution in [0.5, 0.6) is 0 Å². The summed E-state index contributed by atoms with van der Waals surface area (Å²) < 4.78 is 13.2. The number of nitrogens with one attached hydrogen (secondary N) is 2. The summed E-state index contributed by atoms with van der Waals surface area (Å²) in [5.74, 6) is 1.51. The average Bonchev–Trinajstić information content (AvgIpc) is 3.32. The number of H-pyrrole nitrogens is 1. The average molecular weight is 353 g/mol. The number of aryl methyl sites for hydroxylation is 1. The number of hydrogen-bond acceptors (Lipinski definition) is 6. The Morgan fingerprint density at radius 3 is 2.88 bits per heavy atom. The molecule has 0 saturated carbocycles. The predicted molar refractivity (Wildman–Crippen MR) is 96.8 cm³/mol. The lowest BCUT2D eigenvalue weighted by atomic mass is 10.0. The van der Waals surface area contributed by atoms with E-state index >= 15 is 0 Å². The molecule has 0 amide bonds. The van der Waals surface area contributed by atoms with Crippen molar-refractivity contribution in [1.82, 2.24) is 25.1 Å². The molecular weight excluding hydrogens is 333 g/mol. The van der Waals surface area contributed by atoms with E-state index in [1.54, 1.807) is 0 Å². The molecule has 1 fully saturated rings. The number of benzene rings is 1. The molecule has 0 radical (unpaired) electrons. The first-order valence-corrected chi connectivity index (χ1v) is 8.75. The number of halogens is 1. The summed E-state index contributed by atoms with van der Waals surface area (Å²) in [5, 5.41) is 10.3. The quantitative estimate of drug-likeness (QED) is 0.732. The molecule has 26 heavy (non-hydrogen) atoms. The van der Waals surface area contributed by atoms with Gasteiger partial charge in [-0.2, -0.15) is 10.1 Å². The van der Waals surface area contributed by atoms with Crippen molar-refractivity contribution in [3.05, 3.63) is 53.7 Å². The maximum absolute atomic E-state index is 13.2. The van der Waals surface area contributed by atoms with Crippen LogP contribution in [0.3, 0.4) is 0 Å². The van der Waals surface area contributed by atoms with Gasteiger partial charge in [0.25, 0.3) is 0 Å². The van der Waals surface area contributed by atoms with Crippen LogP contribution < -0.4 is 10.2 Å². The summed E-state index contributed by atoms with van der Waals surface area (Å²) in [6, 6.07) is 8.72. The highest BCUT2D eigenvalue weighted by atomic mass is 19.1. The normalized spacial score (nSPS) is 16.8. The van der Waals surface area contributed by atoms with Crippen LogP contribution in [0.25, 0.3) is 0 Å². The van der Waals surface area contributed by atoms with Crippen LogP contribution in [0.4, 0.5) is 22.1 Å². The highest BCUT2D eigenvalue weighted by Crippen LogP contribution is 2.34. The lowest BCUT2D eigenvalue weighted by Gasteiger charge is -2.25. The standard InChI is InChI=1S/C18H20FN7/c1-2-14-10-16(25-24-14)22-17-20-11-21-18(23-17)26-9-3-4-15(26)12-5-7-13(19)8-6-12/h5-8,10-11,15H,2-4,9H2,1H3,(H2,20,21,22,23,24,25). The number of aromatic amines is 1. The summed E-state index contributed by atoms with van der Waals surface area (Å²) in [6.45, 7) is 2.91. The zero-order valence-electron chi connectivity index (χ0n) is 14.5. The number of aromatic nitrogens is 5. The van der Waals surface area contributed by atoms with Gasteiger partial charge in [0.1, 0.15) is 12.1 Å². The minimum Gasteiger partial charge on any atom is -0.334 e. The summed E-state index contributed by atoms with van der Waals surface area (Å²) in [6.07, 6.45) is 4.40. The summed E-state index contributed by atoms with van der Waals surface area (Å²) >= 11 is 0. The molecule has 1 aliphatic rings. The molecule has 3 heterocycles. The van der Waals surface area contributed by atoms with E-state index < -0.39 is 0 Å². The fraction of sp³-hybridized carbons (Fsp3) is 0.333. The second kappa shape index (κ2) is 7.07. The Morgan fingerprint density at radius 1 is 1.27 bits per heavy atom. The van der Waals surface area contributed by atoms with Gasteiger partial charge in [-0.05, 0) is 37.0 Å². The van der Waals surface area contributed by atoms with Gasteiger partial charge in [-0.15, -0.1) is 0 Å². The first kappa shape index (κ1) is 16.4. The zero-order valence-corrected chi connectivity index (χ0v) is 14.5. The van der Waals surface area contributed by atoms with Crippen LogP contribution in [0.15, 0.2) is 36.7 Å². The second-order valence-corrected chi connectivity index (χ2v) is 6.27. The monoisotopic (exact) mass is 353 g/mol. The molecule has 1 saturated heterocycles. The van der Waals surface area contributed by atoms with Gasteiger partial charge in [0.15, 0.2) is 5.82 Å². The lowest BCUT2D eigenvalue weighted by molar-refractivity contribution is 0.624. The molecule has 0 aliphatic carbocycles. The van der Waals surface area contributed by atoms with Gasteiger partial charge >= 0.3 is 0 Å². The van der Waals surface area contributed by atoms with E-state index in [9.17, 15) is 4.39 Å². The van der Waals surface area contributed by atoms with Crippen molar-refractivity contribution in [2.75, 3.05) is 16.8 Å². The Balaban J connectivity index is 1.55. The first-order valence-electron chi connectivity index (χ1n) is 8.75. The molecule has 1 atom stereocenters. The molecule has 0 spiro atoms. The number of anilines is 3. The van der Waals surface area contributed by atoms with Gasteiger partial charge in [-0.3, -0.25) is 5.10 Å². The van der Waals surface area contributed by atoms with Crippen LogP contribution in [0.1, 0.15) is 37.1 Å². The van der Waals surface area contributed by atoms with Crippen molar-refractivity contribution < 1.29 is 4.39 Å². The summed E-state index contributed by atoms with van der Waals surface area (Å²) in [4.78, 5) is 15.2. The van der Waals surface area contributed by atoms with Gasteiger partial charge in [0, 0.05) is 18.3 Å². The van der Waals surface area contributed by atoms with Gasteiger partial charge in [0.2, 0.25) is 11.9 Å². The molecule has 1 unspecified atom stereocenters. The highest BCUT2D eigenvalue weighted by Gasteiger charge is 2.28. The van der Waals surface area contributed by atoms with Crippen LogP contribution in [0, 0.1) is 5.82 Å². The molecular formula is C18H20FN7. The van der Waals surface area contributed by atoms with Crippen molar-refractivity contribution in [3.8, 4) is 0 Å². The minimum atomic E-state index is -0.226. The smallest absolute Gasteiger partial charge is 0.233 e. The topological polar surface area (TPSA) is 82.6 Å². The third kappa shape index (κ3) is 3.35. The molecule has 134 valence electrons. The van der Waals surface area contributed by atoms with Crippen molar-refractivity contribution in [1.29, 1.82) is 0 Å². The summed E-state index contributed by atoms with van der Waals surface area (Å²) in [5.41, 5.74) is 2.11. The lowest BCUT2D eigenvalue weighted by Crippen LogP contribution is -2.25. The van der Waals surface area contributed by atoms with Gasteiger partial charge in [0.05, 0.1) is 6.04 Å². The Morgan fingerprint density at radius 2 is 2.12 bits per heavy atom. The zero-order chi connectivity index (χ0) is 17.9. The third-order valence-electron chi connectivity index (χ3n) is 4.58. The van der Waals surface area contributed by atoms with E-state index in [1.807, 2.05) is 18.2 Å². The molecule has 2 aromatic heterocycles. The van der Waals surface area contributed by atoms with Crippen molar-refractivity contribution >= 4 is 17.7 Å². The van der Waals surface area contributed by atoms with Crippen LogP contribution >= 0.6 is 0 Å². The van der Waals surface area contributed by atoms with E-state index in [0.717, 1.165) is 37.1 Å². The van der Waals surface area contributed by atoms with E-state index in [2.05, 4.69) is 42.3 Å². The highest BCUT2D eigenvalue weighted by molar-refractivity contribution is 5.50. The number of nitrogens with zero attached hydrogens (tertiary/aromatic N) is 5. The largest absolute Gasteiger partial charge is 0.334 e. The Labute approximate surface area is 150 Å². The number of rotatable bonds is 5. The van der Waals surface area contributed by atoms with Gasteiger partial charge < -0.3 is 10.2 Å². The molecule has 7 nitrogen and oxygen atoms in total. The second-order valence-electron chi connectivity index (χ2n) is 6.27. The SMILES string of the molecule is CCc1cc(Nc2ncnc(N3CCCC3c3ccc(F)cc3)n2)n[nH]1. The van der Waals surface area contributed by atoms with Crippen molar-refractivity contribution in [2.24, 2.45) is 0 Å². The first-order chi connectivity index (χ1) is 12.7. The Bertz CT molecular complexity index is 877. The molecule has 1 aromatic carbocycles. The van der Waals surface area contributed by atoms with Gasteiger partial charge in [-0.25, -0.2) is 14.4 Å². The molecule has 3 aromatic rings. The molecule has 2 N–H and O–H groups in total. The van der Waals surface area contributed by atoms with Crippen LogP contribution in [-0.4, -0.2) is 31.7 Å². The van der Waals surface area contributed by atoms with Gasteiger partial charge in [-0.1, -0.05) is 19.1 Å². The maximum atomic E-state index is 13.2. The van der Waals surface area contributed by atoms with Crippen LogP contribution in [-0.2, 0) is 6.42 Å². The predicted octanol–water partition coefficient (Wildman–Crippen LogP) is 3.38. The number of hydrogen-bond donors (Lipinski definition) is 2. The van der Waals surface area contributed by atoms with Crippen LogP contribution in [0.2, 0.25) is 0 Å². The fourth-order valence-electron chi connectivity index (χ4n) is 3.25. The van der Waals surface area contributed by atoms with Crippen molar-refractivity contribution in [3.63, 3.8) is 0 Å². The van der Waals surface area contributed by atoms with E-state index in [0.29, 0.717) is 17.7 Å². The third-order valence-corrected chi connectivity index (χ3v) is 4.58.